The standard InChI is InChI=1S/C14H15N3O2S/c1-3-7-17-13(11-6-4-5-10(2)8-11)15-16-14(17)20-9-12(18)19/h3-6,8H,1,7,9H2,2H3,(H,18,19). The first-order valence-corrected chi connectivity index (χ1v) is 7.06. The lowest BCUT2D eigenvalue weighted by molar-refractivity contribution is -0.133. The predicted molar refractivity (Wildman–Crippen MR) is 78.8 cm³/mol. The maximum absolute atomic E-state index is 10.7. The van der Waals surface area contributed by atoms with Crippen LogP contribution in [0.2, 0.25) is 0 Å². The molecule has 1 aromatic carbocycles. The molecule has 0 saturated heterocycles. The van der Waals surface area contributed by atoms with Crippen molar-refractivity contribution in [1.82, 2.24) is 14.8 Å². The molecule has 0 aliphatic rings. The quantitative estimate of drug-likeness (QED) is 0.654. The van der Waals surface area contributed by atoms with Crippen molar-refractivity contribution in [3.8, 4) is 11.4 Å². The predicted octanol–water partition coefficient (Wildman–Crippen LogP) is 2.62. The Kier molecular flexibility index (Phi) is 4.57. The second-order valence-electron chi connectivity index (χ2n) is 4.26. The Morgan fingerprint density at radius 1 is 1.50 bits per heavy atom. The van der Waals surface area contributed by atoms with Crippen molar-refractivity contribution < 1.29 is 9.90 Å². The minimum absolute atomic E-state index is 0.0386. The zero-order valence-electron chi connectivity index (χ0n) is 11.1. The topological polar surface area (TPSA) is 68.0 Å². The molecule has 0 spiro atoms. The number of hydrogen-bond acceptors (Lipinski definition) is 4. The SMILES string of the molecule is C=CCn1c(SCC(=O)O)nnc1-c1cccc(C)c1. The average molecular weight is 289 g/mol. The zero-order chi connectivity index (χ0) is 14.5. The van der Waals surface area contributed by atoms with Gasteiger partial charge < -0.3 is 5.11 Å². The summed E-state index contributed by atoms with van der Waals surface area (Å²) in [5.74, 6) is -0.190. The maximum atomic E-state index is 10.7. The molecule has 6 heteroatoms. The summed E-state index contributed by atoms with van der Waals surface area (Å²) in [6, 6.07) is 7.96. The number of carboxylic acid groups (broad SMARTS) is 1. The fraction of sp³-hybridized carbons (Fsp3) is 0.214. The van der Waals surface area contributed by atoms with Gasteiger partial charge in [0.2, 0.25) is 0 Å². The summed E-state index contributed by atoms with van der Waals surface area (Å²) in [7, 11) is 0. The van der Waals surface area contributed by atoms with E-state index in [-0.39, 0.29) is 5.75 Å². The number of aryl methyl sites for hydroxylation is 1. The molecule has 0 aliphatic carbocycles. The molecule has 1 aromatic heterocycles. The van der Waals surface area contributed by atoms with E-state index >= 15 is 0 Å². The minimum atomic E-state index is -0.875. The molecule has 2 rings (SSSR count). The van der Waals surface area contributed by atoms with E-state index in [1.807, 2.05) is 35.8 Å². The number of thioether (sulfide) groups is 1. The van der Waals surface area contributed by atoms with Crippen LogP contribution >= 0.6 is 11.8 Å². The van der Waals surface area contributed by atoms with Crippen molar-refractivity contribution >= 4 is 17.7 Å². The van der Waals surface area contributed by atoms with Crippen LogP contribution in [-0.4, -0.2) is 31.6 Å². The number of rotatable bonds is 6. The van der Waals surface area contributed by atoms with E-state index in [2.05, 4.69) is 16.8 Å². The molecule has 0 bridgehead atoms. The first kappa shape index (κ1) is 14.3. The first-order valence-electron chi connectivity index (χ1n) is 6.07. The van der Waals surface area contributed by atoms with Gasteiger partial charge in [-0.2, -0.15) is 0 Å². The fourth-order valence-electron chi connectivity index (χ4n) is 1.81. The van der Waals surface area contributed by atoms with Crippen molar-refractivity contribution in [2.75, 3.05) is 5.75 Å². The van der Waals surface area contributed by atoms with Gasteiger partial charge in [0, 0.05) is 12.1 Å². The molecule has 0 atom stereocenters. The highest BCUT2D eigenvalue weighted by molar-refractivity contribution is 7.99. The highest BCUT2D eigenvalue weighted by Crippen LogP contribution is 2.24. The van der Waals surface area contributed by atoms with Crippen LogP contribution in [0.1, 0.15) is 5.56 Å². The van der Waals surface area contributed by atoms with Gasteiger partial charge in [0.1, 0.15) is 0 Å². The Balaban J connectivity index is 2.38. The highest BCUT2D eigenvalue weighted by Gasteiger charge is 2.14. The molecule has 0 unspecified atom stereocenters. The van der Waals surface area contributed by atoms with E-state index in [1.54, 1.807) is 6.08 Å². The Morgan fingerprint density at radius 2 is 2.30 bits per heavy atom. The molecule has 0 saturated carbocycles. The fourth-order valence-corrected chi connectivity index (χ4v) is 2.48. The summed E-state index contributed by atoms with van der Waals surface area (Å²) in [6.07, 6.45) is 1.74. The summed E-state index contributed by atoms with van der Waals surface area (Å²) in [5.41, 5.74) is 2.09. The van der Waals surface area contributed by atoms with Gasteiger partial charge in [-0.1, -0.05) is 41.6 Å². The van der Waals surface area contributed by atoms with Crippen molar-refractivity contribution in [1.29, 1.82) is 0 Å². The number of carboxylic acids is 1. The monoisotopic (exact) mass is 289 g/mol. The van der Waals surface area contributed by atoms with Crippen LogP contribution < -0.4 is 0 Å². The lowest BCUT2D eigenvalue weighted by Crippen LogP contribution is -2.03. The molecular weight excluding hydrogens is 274 g/mol. The molecular formula is C14H15N3O2S. The van der Waals surface area contributed by atoms with E-state index in [0.717, 1.165) is 28.7 Å². The van der Waals surface area contributed by atoms with E-state index < -0.39 is 5.97 Å². The summed E-state index contributed by atoms with van der Waals surface area (Å²) in [4.78, 5) is 10.7. The third-order valence-electron chi connectivity index (χ3n) is 2.63. The Bertz CT molecular complexity index is 637. The van der Waals surface area contributed by atoms with Crippen molar-refractivity contribution in [2.45, 2.75) is 18.6 Å². The van der Waals surface area contributed by atoms with Gasteiger partial charge >= 0.3 is 5.97 Å². The van der Waals surface area contributed by atoms with E-state index in [0.29, 0.717) is 11.7 Å². The van der Waals surface area contributed by atoms with Gasteiger partial charge in [0.05, 0.1) is 5.75 Å². The number of aromatic nitrogens is 3. The van der Waals surface area contributed by atoms with Crippen molar-refractivity contribution in [3.63, 3.8) is 0 Å². The molecule has 1 N–H and O–H groups in total. The van der Waals surface area contributed by atoms with Crippen molar-refractivity contribution in [2.24, 2.45) is 0 Å². The highest BCUT2D eigenvalue weighted by atomic mass is 32.2. The number of benzene rings is 1. The molecule has 0 amide bonds. The van der Waals surface area contributed by atoms with Gasteiger partial charge in [-0.25, -0.2) is 0 Å². The molecule has 2 aromatic rings. The van der Waals surface area contributed by atoms with Gasteiger partial charge in [0.15, 0.2) is 11.0 Å². The molecule has 0 aliphatic heterocycles. The molecule has 104 valence electrons. The smallest absolute Gasteiger partial charge is 0.313 e. The van der Waals surface area contributed by atoms with E-state index in [1.165, 1.54) is 0 Å². The number of carbonyl (C=O) groups is 1. The maximum Gasteiger partial charge on any atom is 0.313 e. The molecule has 20 heavy (non-hydrogen) atoms. The van der Waals surface area contributed by atoms with Crippen LogP contribution in [0.5, 0.6) is 0 Å². The second kappa shape index (κ2) is 6.38. The minimum Gasteiger partial charge on any atom is -0.481 e. The van der Waals surface area contributed by atoms with Gasteiger partial charge in [0.25, 0.3) is 0 Å². The number of nitrogens with zero attached hydrogens (tertiary/aromatic N) is 3. The Labute approximate surface area is 121 Å². The average Bonchev–Trinajstić information content (AvgIpc) is 2.80. The number of allylic oxidation sites excluding steroid dienone is 1. The summed E-state index contributed by atoms with van der Waals surface area (Å²) in [6.45, 7) is 6.27. The third-order valence-corrected chi connectivity index (χ3v) is 3.58. The largest absolute Gasteiger partial charge is 0.481 e. The van der Waals surface area contributed by atoms with Gasteiger partial charge in [-0.3, -0.25) is 9.36 Å². The van der Waals surface area contributed by atoms with E-state index in [4.69, 9.17) is 5.11 Å². The summed E-state index contributed by atoms with van der Waals surface area (Å²) >= 11 is 1.16. The second-order valence-corrected chi connectivity index (χ2v) is 5.20. The van der Waals surface area contributed by atoms with Crippen LogP contribution in [0.25, 0.3) is 11.4 Å². The Morgan fingerprint density at radius 3 is 2.95 bits per heavy atom. The first-order chi connectivity index (χ1) is 9.61. The molecule has 0 radical (unpaired) electrons. The molecule has 5 nitrogen and oxygen atoms in total. The van der Waals surface area contributed by atoms with E-state index in [9.17, 15) is 4.79 Å². The summed E-state index contributed by atoms with van der Waals surface area (Å²) < 4.78 is 1.87. The Hall–Kier alpha value is -2.08. The normalized spacial score (nSPS) is 10.4. The van der Waals surface area contributed by atoms with Crippen LogP contribution in [0.15, 0.2) is 42.1 Å². The lowest BCUT2D eigenvalue weighted by atomic mass is 10.1. The number of hydrogen-bond donors (Lipinski definition) is 1. The summed E-state index contributed by atoms with van der Waals surface area (Å²) in [5, 5.41) is 17.6. The number of aliphatic carboxylic acids is 1. The molecule has 0 fully saturated rings. The molecule has 1 heterocycles. The van der Waals surface area contributed by atoms with Crippen LogP contribution in [0.4, 0.5) is 0 Å². The van der Waals surface area contributed by atoms with Crippen LogP contribution in [0.3, 0.4) is 0 Å². The third kappa shape index (κ3) is 3.27. The van der Waals surface area contributed by atoms with Crippen LogP contribution in [0, 0.1) is 6.92 Å². The van der Waals surface area contributed by atoms with Gasteiger partial charge in [-0.05, 0) is 13.0 Å². The van der Waals surface area contributed by atoms with Gasteiger partial charge in [-0.15, -0.1) is 16.8 Å². The van der Waals surface area contributed by atoms with Crippen molar-refractivity contribution in [3.05, 3.63) is 42.5 Å². The zero-order valence-corrected chi connectivity index (χ0v) is 11.9. The van der Waals surface area contributed by atoms with Crippen LogP contribution in [-0.2, 0) is 11.3 Å². The lowest BCUT2D eigenvalue weighted by Gasteiger charge is -2.07.